The topological polar surface area (TPSA) is 68.0 Å². The Morgan fingerprint density at radius 3 is 2.79 bits per heavy atom. The second-order valence-electron chi connectivity index (χ2n) is 6.52. The number of rotatable bonds is 5. The molecule has 1 atom stereocenters. The highest BCUT2D eigenvalue weighted by atomic mass is 16.5. The Morgan fingerprint density at radius 2 is 2.08 bits per heavy atom. The number of benzene rings is 1. The van der Waals surface area contributed by atoms with Gasteiger partial charge in [-0.1, -0.05) is 22.9 Å². The zero-order chi connectivity index (χ0) is 17.0. The highest BCUT2D eigenvalue weighted by molar-refractivity contribution is 5.26. The molecule has 24 heavy (non-hydrogen) atoms. The van der Waals surface area contributed by atoms with Gasteiger partial charge >= 0.3 is 0 Å². The average molecular weight is 332 g/mol. The van der Waals surface area contributed by atoms with E-state index >= 15 is 0 Å². The maximum Gasteiger partial charge on any atom is 0.134 e. The summed E-state index contributed by atoms with van der Waals surface area (Å²) >= 11 is 0. The van der Waals surface area contributed by atoms with Crippen LogP contribution in [0, 0.1) is 13.8 Å². The molecule has 0 aliphatic carbocycles. The predicted molar refractivity (Wildman–Crippen MR) is 89.0 cm³/mol. The van der Waals surface area contributed by atoms with E-state index in [2.05, 4.69) is 10.1 Å². The standard InChI is InChI=1S/C18H24N2O4/c1-14-3-5-17(6-4-14)23-13-18(21)11-20(7-8-22-12-18)10-16-9-15(2)24-19-16/h3-6,9,21H,7-8,10-13H2,1-2H3/t18-/m1/s1. The Bertz CT molecular complexity index is 655. The Labute approximate surface area is 142 Å². The van der Waals surface area contributed by atoms with Crippen LogP contribution in [0.4, 0.5) is 0 Å². The van der Waals surface area contributed by atoms with E-state index in [1.165, 1.54) is 5.56 Å². The molecule has 1 N–H and O–H groups in total. The van der Waals surface area contributed by atoms with E-state index < -0.39 is 5.60 Å². The number of aromatic nitrogens is 1. The molecule has 0 radical (unpaired) electrons. The zero-order valence-corrected chi connectivity index (χ0v) is 14.2. The van der Waals surface area contributed by atoms with E-state index in [9.17, 15) is 5.11 Å². The highest BCUT2D eigenvalue weighted by Crippen LogP contribution is 2.18. The van der Waals surface area contributed by atoms with Crippen LogP contribution in [0.2, 0.25) is 0 Å². The molecule has 130 valence electrons. The van der Waals surface area contributed by atoms with Crippen LogP contribution in [-0.4, -0.2) is 53.7 Å². The fraction of sp³-hybridized carbons (Fsp3) is 0.500. The molecule has 3 rings (SSSR count). The van der Waals surface area contributed by atoms with Crippen molar-refractivity contribution in [3.05, 3.63) is 47.3 Å². The molecule has 0 amide bonds. The van der Waals surface area contributed by atoms with Gasteiger partial charge in [-0.25, -0.2) is 0 Å². The number of ether oxygens (including phenoxy) is 2. The molecule has 1 saturated heterocycles. The van der Waals surface area contributed by atoms with Gasteiger partial charge in [-0.2, -0.15) is 0 Å². The number of nitrogens with zero attached hydrogens (tertiary/aromatic N) is 2. The van der Waals surface area contributed by atoms with Gasteiger partial charge in [-0.15, -0.1) is 0 Å². The van der Waals surface area contributed by atoms with Gasteiger partial charge in [0.2, 0.25) is 0 Å². The van der Waals surface area contributed by atoms with Crippen molar-refractivity contribution in [3.63, 3.8) is 0 Å². The predicted octanol–water partition coefficient (Wildman–Crippen LogP) is 1.93. The van der Waals surface area contributed by atoms with E-state index in [-0.39, 0.29) is 13.2 Å². The van der Waals surface area contributed by atoms with Crippen LogP contribution in [-0.2, 0) is 11.3 Å². The number of β-amino-alcohol motifs (C(OH)–C–C–N with tert-alkyl or cyclic N) is 1. The summed E-state index contributed by atoms with van der Waals surface area (Å²) in [6, 6.07) is 9.70. The molecule has 1 aromatic heterocycles. The maximum atomic E-state index is 10.9. The van der Waals surface area contributed by atoms with Crippen LogP contribution in [0.3, 0.4) is 0 Å². The minimum atomic E-state index is -1.06. The van der Waals surface area contributed by atoms with Crippen LogP contribution in [0.25, 0.3) is 0 Å². The van der Waals surface area contributed by atoms with Crippen LogP contribution in [0.1, 0.15) is 17.0 Å². The number of hydrogen-bond acceptors (Lipinski definition) is 6. The van der Waals surface area contributed by atoms with Gasteiger partial charge in [0.25, 0.3) is 0 Å². The van der Waals surface area contributed by atoms with Gasteiger partial charge in [0.1, 0.15) is 23.7 Å². The molecule has 0 spiro atoms. The van der Waals surface area contributed by atoms with Gasteiger partial charge in [0.05, 0.1) is 18.9 Å². The Kier molecular flexibility index (Phi) is 5.18. The van der Waals surface area contributed by atoms with Crippen LogP contribution in [0.5, 0.6) is 5.75 Å². The highest BCUT2D eigenvalue weighted by Gasteiger charge is 2.33. The lowest BCUT2D eigenvalue weighted by atomic mass is 10.1. The molecule has 2 heterocycles. The summed E-state index contributed by atoms with van der Waals surface area (Å²) in [6.07, 6.45) is 0. The SMILES string of the molecule is Cc1ccc(OC[C@]2(O)COCCN(Cc3cc(C)on3)C2)cc1. The van der Waals surface area contributed by atoms with Gasteiger partial charge in [-0.3, -0.25) is 4.90 Å². The molecule has 6 heteroatoms. The van der Waals surface area contributed by atoms with Crippen LogP contribution >= 0.6 is 0 Å². The molecule has 1 aliphatic heterocycles. The van der Waals surface area contributed by atoms with Crippen LogP contribution in [0.15, 0.2) is 34.9 Å². The van der Waals surface area contributed by atoms with E-state index in [4.69, 9.17) is 14.0 Å². The number of hydrogen-bond donors (Lipinski definition) is 1. The van der Waals surface area contributed by atoms with Gasteiger partial charge in [0.15, 0.2) is 0 Å². The van der Waals surface area contributed by atoms with Crippen molar-refractivity contribution in [2.24, 2.45) is 0 Å². The van der Waals surface area contributed by atoms with E-state index in [0.29, 0.717) is 19.7 Å². The fourth-order valence-electron chi connectivity index (χ4n) is 2.79. The van der Waals surface area contributed by atoms with Crippen molar-refractivity contribution in [2.45, 2.75) is 26.0 Å². The maximum absolute atomic E-state index is 10.9. The Hall–Kier alpha value is -1.89. The Balaban J connectivity index is 1.60. The minimum Gasteiger partial charge on any atom is -0.490 e. The van der Waals surface area contributed by atoms with Gasteiger partial charge < -0.3 is 19.1 Å². The summed E-state index contributed by atoms with van der Waals surface area (Å²) in [5, 5.41) is 14.9. The summed E-state index contributed by atoms with van der Waals surface area (Å²) in [5.41, 5.74) is 0.976. The molecule has 1 aromatic carbocycles. The van der Waals surface area contributed by atoms with Crippen molar-refractivity contribution < 1.29 is 19.1 Å². The summed E-state index contributed by atoms with van der Waals surface area (Å²) in [4.78, 5) is 2.11. The molecule has 0 bridgehead atoms. The molecule has 6 nitrogen and oxygen atoms in total. The monoisotopic (exact) mass is 332 g/mol. The summed E-state index contributed by atoms with van der Waals surface area (Å²) in [7, 11) is 0. The van der Waals surface area contributed by atoms with E-state index in [1.54, 1.807) is 0 Å². The summed E-state index contributed by atoms with van der Waals surface area (Å²) in [5.74, 6) is 1.53. The largest absolute Gasteiger partial charge is 0.490 e. The smallest absolute Gasteiger partial charge is 0.134 e. The molecular weight excluding hydrogens is 308 g/mol. The first-order chi connectivity index (χ1) is 11.5. The molecule has 1 aliphatic rings. The number of aliphatic hydroxyl groups is 1. The summed E-state index contributed by atoms with van der Waals surface area (Å²) in [6.45, 7) is 6.73. The second kappa shape index (κ2) is 7.34. The average Bonchev–Trinajstić information content (AvgIpc) is 2.86. The third kappa shape index (κ3) is 4.56. The summed E-state index contributed by atoms with van der Waals surface area (Å²) < 4.78 is 16.5. The fourth-order valence-corrected chi connectivity index (χ4v) is 2.79. The Morgan fingerprint density at radius 1 is 1.29 bits per heavy atom. The molecule has 0 unspecified atom stereocenters. The lowest BCUT2D eigenvalue weighted by molar-refractivity contribution is -0.0647. The van der Waals surface area contributed by atoms with Crippen molar-refractivity contribution in [1.29, 1.82) is 0 Å². The molecule has 2 aromatic rings. The van der Waals surface area contributed by atoms with Crippen molar-refractivity contribution in [2.75, 3.05) is 32.9 Å². The van der Waals surface area contributed by atoms with E-state index in [1.807, 2.05) is 44.2 Å². The lowest BCUT2D eigenvalue weighted by Crippen LogP contribution is -2.48. The first-order valence-electron chi connectivity index (χ1n) is 8.17. The number of aryl methyl sites for hydroxylation is 2. The normalized spacial score (nSPS) is 22.3. The first kappa shape index (κ1) is 17.0. The lowest BCUT2D eigenvalue weighted by Gasteiger charge is -2.30. The van der Waals surface area contributed by atoms with Crippen molar-refractivity contribution in [3.8, 4) is 5.75 Å². The van der Waals surface area contributed by atoms with Crippen molar-refractivity contribution >= 4 is 0 Å². The third-order valence-corrected chi connectivity index (χ3v) is 4.03. The van der Waals surface area contributed by atoms with Gasteiger partial charge in [-0.05, 0) is 26.0 Å². The van der Waals surface area contributed by atoms with Crippen molar-refractivity contribution in [1.82, 2.24) is 10.1 Å². The van der Waals surface area contributed by atoms with Gasteiger partial charge in [0, 0.05) is 25.7 Å². The van der Waals surface area contributed by atoms with Crippen LogP contribution < -0.4 is 4.74 Å². The van der Waals surface area contributed by atoms with E-state index in [0.717, 1.165) is 23.7 Å². The second-order valence-corrected chi connectivity index (χ2v) is 6.52. The molecular formula is C18H24N2O4. The molecule has 1 fully saturated rings. The first-order valence-corrected chi connectivity index (χ1v) is 8.17. The molecule has 0 saturated carbocycles. The zero-order valence-electron chi connectivity index (χ0n) is 14.2. The minimum absolute atomic E-state index is 0.185. The quantitative estimate of drug-likeness (QED) is 0.902. The third-order valence-electron chi connectivity index (χ3n) is 4.03.